The monoisotopic (exact) mass is 216 g/mol. The maximum Gasteiger partial charge on any atom is 0.159 e. The molecule has 0 aliphatic heterocycles. The number of benzene rings is 1. The molecule has 0 amide bonds. The van der Waals surface area contributed by atoms with Crippen molar-refractivity contribution in [2.24, 2.45) is 0 Å². The average Bonchev–Trinajstić information content (AvgIpc) is 2.10. The molecule has 84 valence electrons. The minimum Gasteiger partial charge on any atom is -0.390 e. The van der Waals surface area contributed by atoms with E-state index in [1.807, 2.05) is 0 Å². The zero-order chi connectivity index (χ0) is 11.6. The van der Waals surface area contributed by atoms with Gasteiger partial charge >= 0.3 is 0 Å². The molecule has 0 saturated heterocycles. The minimum atomic E-state index is -1.26. The zero-order valence-corrected chi connectivity index (χ0v) is 8.67. The molecule has 0 saturated carbocycles. The number of halogens is 2. The fraction of sp³-hybridized carbons (Fsp3) is 0.455. The Labute approximate surface area is 87.2 Å². The van der Waals surface area contributed by atoms with Crippen LogP contribution in [-0.4, -0.2) is 21.9 Å². The van der Waals surface area contributed by atoms with Crippen molar-refractivity contribution in [1.29, 1.82) is 0 Å². The first-order chi connectivity index (χ1) is 6.80. The number of aliphatic hydroxyl groups is 2. The van der Waals surface area contributed by atoms with Crippen molar-refractivity contribution in [3.63, 3.8) is 0 Å². The molecule has 0 aliphatic rings. The van der Waals surface area contributed by atoms with Gasteiger partial charge in [0.25, 0.3) is 0 Å². The second-order valence-corrected chi connectivity index (χ2v) is 4.12. The summed E-state index contributed by atoms with van der Waals surface area (Å²) >= 11 is 0. The van der Waals surface area contributed by atoms with Crippen molar-refractivity contribution >= 4 is 0 Å². The number of hydrogen-bond donors (Lipinski definition) is 2. The molecule has 1 aromatic rings. The van der Waals surface area contributed by atoms with Gasteiger partial charge < -0.3 is 10.2 Å². The summed E-state index contributed by atoms with van der Waals surface area (Å²) in [6.45, 7) is 2.91. The van der Waals surface area contributed by atoms with Gasteiger partial charge in [-0.2, -0.15) is 0 Å². The summed E-state index contributed by atoms with van der Waals surface area (Å²) in [5.74, 6) is -1.87. The van der Waals surface area contributed by atoms with Crippen LogP contribution in [0.2, 0.25) is 0 Å². The summed E-state index contributed by atoms with van der Waals surface area (Å²) in [5.41, 5.74) is -0.811. The molecule has 0 heterocycles. The minimum absolute atomic E-state index is 0.0840. The highest BCUT2D eigenvalue weighted by atomic mass is 19.2. The highest BCUT2D eigenvalue weighted by molar-refractivity contribution is 5.19. The lowest BCUT2D eigenvalue weighted by molar-refractivity contribution is -0.0469. The molecule has 0 fully saturated rings. The smallest absolute Gasteiger partial charge is 0.159 e. The van der Waals surface area contributed by atoms with Crippen LogP contribution in [0.25, 0.3) is 0 Å². The number of aliphatic hydroxyl groups excluding tert-OH is 1. The predicted molar refractivity (Wildman–Crippen MR) is 52.4 cm³/mol. The molecule has 0 aromatic heterocycles. The Morgan fingerprint density at radius 3 is 2.33 bits per heavy atom. The van der Waals surface area contributed by atoms with E-state index in [1.165, 1.54) is 19.9 Å². The van der Waals surface area contributed by atoms with E-state index < -0.39 is 23.3 Å². The third kappa shape index (κ3) is 3.25. The summed E-state index contributed by atoms with van der Waals surface area (Å²) in [7, 11) is 0. The fourth-order valence-corrected chi connectivity index (χ4v) is 1.14. The van der Waals surface area contributed by atoms with Crippen LogP contribution in [-0.2, 0) is 6.42 Å². The molecule has 1 atom stereocenters. The molecule has 2 nitrogen and oxygen atoms in total. The standard InChI is InChI=1S/C11H14F2O2/c1-11(2,15)10(14)6-7-3-4-8(12)9(13)5-7/h3-5,10,14-15H,6H2,1-2H3. The highest BCUT2D eigenvalue weighted by Gasteiger charge is 2.24. The Morgan fingerprint density at radius 2 is 1.87 bits per heavy atom. The van der Waals surface area contributed by atoms with Gasteiger partial charge in [-0.25, -0.2) is 8.78 Å². The molecule has 0 radical (unpaired) electrons. The molecule has 2 N–H and O–H groups in total. The van der Waals surface area contributed by atoms with Crippen molar-refractivity contribution in [3.8, 4) is 0 Å². The van der Waals surface area contributed by atoms with Crippen LogP contribution in [0, 0.1) is 11.6 Å². The molecular weight excluding hydrogens is 202 g/mol. The van der Waals surface area contributed by atoms with Gasteiger partial charge in [0, 0.05) is 6.42 Å². The summed E-state index contributed by atoms with van der Waals surface area (Å²) in [4.78, 5) is 0. The van der Waals surface area contributed by atoms with Gasteiger partial charge in [-0.05, 0) is 31.5 Å². The molecule has 1 rings (SSSR count). The SMILES string of the molecule is CC(C)(O)C(O)Cc1ccc(F)c(F)c1. The van der Waals surface area contributed by atoms with Crippen LogP contribution in [0.15, 0.2) is 18.2 Å². The van der Waals surface area contributed by atoms with Crippen LogP contribution in [0.3, 0.4) is 0 Å². The van der Waals surface area contributed by atoms with Gasteiger partial charge in [0.05, 0.1) is 11.7 Å². The first-order valence-electron chi connectivity index (χ1n) is 4.65. The first kappa shape index (κ1) is 12.1. The van der Waals surface area contributed by atoms with E-state index in [4.69, 9.17) is 0 Å². The summed E-state index contributed by atoms with van der Waals surface area (Å²) in [6, 6.07) is 3.40. The summed E-state index contributed by atoms with van der Waals surface area (Å²) in [6.07, 6.45) is -0.928. The molecule has 4 heteroatoms. The topological polar surface area (TPSA) is 40.5 Å². The van der Waals surface area contributed by atoms with Gasteiger partial charge in [-0.15, -0.1) is 0 Å². The van der Waals surface area contributed by atoms with E-state index >= 15 is 0 Å². The third-order valence-electron chi connectivity index (χ3n) is 2.23. The second-order valence-electron chi connectivity index (χ2n) is 4.12. The van der Waals surface area contributed by atoms with Gasteiger partial charge in [-0.1, -0.05) is 6.07 Å². The fourth-order valence-electron chi connectivity index (χ4n) is 1.14. The zero-order valence-electron chi connectivity index (χ0n) is 8.67. The largest absolute Gasteiger partial charge is 0.390 e. The Bertz CT molecular complexity index is 345. The van der Waals surface area contributed by atoms with Gasteiger partial charge in [-0.3, -0.25) is 0 Å². The molecule has 1 aromatic carbocycles. The molecule has 15 heavy (non-hydrogen) atoms. The van der Waals surface area contributed by atoms with Gasteiger partial charge in [0.15, 0.2) is 11.6 Å². The first-order valence-corrected chi connectivity index (χ1v) is 4.65. The van der Waals surface area contributed by atoms with Crippen LogP contribution in [0.1, 0.15) is 19.4 Å². The van der Waals surface area contributed by atoms with E-state index in [0.717, 1.165) is 12.1 Å². The maximum absolute atomic E-state index is 12.8. The van der Waals surface area contributed by atoms with Crippen molar-refractivity contribution < 1.29 is 19.0 Å². The van der Waals surface area contributed by atoms with Crippen molar-refractivity contribution in [1.82, 2.24) is 0 Å². The van der Waals surface area contributed by atoms with Crippen molar-refractivity contribution in [3.05, 3.63) is 35.4 Å². The van der Waals surface area contributed by atoms with E-state index in [-0.39, 0.29) is 6.42 Å². The summed E-state index contributed by atoms with van der Waals surface area (Å²) < 4.78 is 25.4. The van der Waals surface area contributed by atoms with Crippen molar-refractivity contribution in [2.75, 3.05) is 0 Å². The third-order valence-corrected chi connectivity index (χ3v) is 2.23. The quantitative estimate of drug-likeness (QED) is 0.806. The maximum atomic E-state index is 12.8. The Morgan fingerprint density at radius 1 is 1.27 bits per heavy atom. The Balaban J connectivity index is 2.78. The van der Waals surface area contributed by atoms with Gasteiger partial charge in [0.2, 0.25) is 0 Å². The molecule has 0 bridgehead atoms. The number of rotatable bonds is 3. The van der Waals surface area contributed by atoms with E-state index in [1.54, 1.807) is 0 Å². The van der Waals surface area contributed by atoms with Gasteiger partial charge in [0.1, 0.15) is 0 Å². The molecule has 1 unspecified atom stereocenters. The normalized spacial score (nSPS) is 14.0. The lowest BCUT2D eigenvalue weighted by Gasteiger charge is -2.24. The van der Waals surface area contributed by atoms with E-state index in [9.17, 15) is 19.0 Å². The lowest BCUT2D eigenvalue weighted by atomic mass is 9.95. The summed E-state index contributed by atoms with van der Waals surface area (Å²) in [5, 5.41) is 19.0. The lowest BCUT2D eigenvalue weighted by Crippen LogP contribution is -2.37. The predicted octanol–water partition coefficient (Wildman–Crippen LogP) is 1.64. The average molecular weight is 216 g/mol. The van der Waals surface area contributed by atoms with Crippen LogP contribution >= 0.6 is 0 Å². The number of hydrogen-bond acceptors (Lipinski definition) is 2. The van der Waals surface area contributed by atoms with Crippen LogP contribution in [0.5, 0.6) is 0 Å². The Hall–Kier alpha value is -1.00. The van der Waals surface area contributed by atoms with Crippen LogP contribution in [0.4, 0.5) is 8.78 Å². The van der Waals surface area contributed by atoms with Crippen LogP contribution < -0.4 is 0 Å². The molecule has 0 spiro atoms. The molecular formula is C11H14F2O2. The van der Waals surface area contributed by atoms with E-state index in [2.05, 4.69) is 0 Å². The van der Waals surface area contributed by atoms with E-state index in [0.29, 0.717) is 5.56 Å². The molecule has 0 aliphatic carbocycles. The highest BCUT2D eigenvalue weighted by Crippen LogP contribution is 2.16. The Kier molecular flexibility index (Phi) is 3.42. The second kappa shape index (κ2) is 4.24. The van der Waals surface area contributed by atoms with Crippen molar-refractivity contribution in [2.45, 2.75) is 32.0 Å².